The van der Waals surface area contributed by atoms with Crippen LogP contribution < -0.4 is 10.6 Å². The van der Waals surface area contributed by atoms with Crippen LogP contribution in [0.5, 0.6) is 0 Å². The Labute approximate surface area is 155 Å². The molecule has 126 valence electrons. The average Bonchev–Trinajstić information content (AvgIpc) is 3.06. The maximum Gasteiger partial charge on any atom is 0.191 e. The Kier molecular flexibility index (Phi) is 10.2. The van der Waals surface area contributed by atoms with Gasteiger partial charge in [-0.2, -0.15) is 0 Å². The number of nitrogens with one attached hydrogen (secondary N) is 2. The van der Waals surface area contributed by atoms with Gasteiger partial charge < -0.3 is 15.1 Å². The normalized spacial score (nSPS) is 10.9. The summed E-state index contributed by atoms with van der Waals surface area (Å²) in [6.45, 7) is 4.66. The zero-order valence-corrected chi connectivity index (χ0v) is 16.0. The van der Waals surface area contributed by atoms with Crippen molar-refractivity contribution in [3.63, 3.8) is 0 Å². The highest BCUT2D eigenvalue weighted by Crippen LogP contribution is 2.00. The molecule has 5 heteroatoms. The Morgan fingerprint density at radius 3 is 2.39 bits per heavy atom. The number of guanidine groups is 1. The molecule has 0 aliphatic carbocycles. The number of rotatable bonds is 8. The summed E-state index contributed by atoms with van der Waals surface area (Å²) in [5.41, 5.74) is 1.33. The lowest BCUT2D eigenvalue weighted by atomic mass is 10.1. The van der Waals surface area contributed by atoms with Gasteiger partial charge in [0.25, 0.3) is 0 Å². The van der Waals surface area contributed by atoms with E-state index in [1.54, 1.807) is 6.26 Å². The van der Waals surface area contributed by atoms with Crippen LogP contribution in [-0.4, -0.2) is 25.6 Å². The van der Waals surface area contributed by atoms with Gasteiger partial charge in [-0.3, -0.25) is 4.99 Å². The Hall–Kier alpha value is -1.50. The van der Waals surface area contributed by atoms with Crippen LogP contribution in [0.2, 0.25) is 0 Å². The van der Waals surface area contributed by atoms with Gasteiger partial charge in [0.15, 0.2) is 5.96 Å². The topological polar surface area (TPSA) is 49.6 Å². The molecule has 2 N–H and O–H groups in total. The molecule has 0 aliphatic rings. The van der Waals surface area contributed by atoms with Crippen molar-refractivity contribution in [3.8, 4) is 0 Å². The zero-order chi connectivity index (χ0) is 15.5. The summed E-state index contributed by atoms with van der Waals surface area (Å²) in [4.78, 5) is 4.56. The standard InChI is InChI=1S/C18H25N3O.HI/c1-2-12-19-18(21-14-11-17-9-6-15-22-17)20-13-10-16-7-4-3-5-8-16;/h3-9,15H,2,10-14H2,1H3,(H2,19,20,21);1H. The van der Waals surface area contributed by atoms with Crippen LogP contribution in [-0.2, 0) is 12.8 Å². The lowest BCUT2D eigenvalue weighted by molar-refractivity contribution is 0.506. The van der Waals surface area contributed by atoms with Gasteiger partial charge in [-0.15, -0.1) is 24.0 Å². The number of aliphatic imine (C=N–C) groups is 1. The molecule has 0 bridgehead atoms. The Balaban J connectivity index is 0.00000264. The molecule has 1 aromatic heterocycles. The van der Waals surface area contributed by atoms with Gasteiger partial charge in [0.2, 0.25) is 0 Å². The molecule has 2 rings (SSSR count). The number of hydrogen-bond acceptors (Lipinski definition) is 2. The quantitative estimate of drug-likeness (QED) is 0.384. The predicted octanol–water partition coefficient (Wildman–Crippen LogP) is 3.63. The average molecular weight is 427 g/mol. The molecule has 1 aromatic carbocycles. The maximum atomic E-state index is 5.34. The van der Waals surface area contributed by atoms with Gasteiger partial charge in [-0.25, -0.2) is 0 Å². The van der Waals surface area contributed by atoms with Gasteiger partial charge in [0.05, 0.1) is 6.26 Å². The van der Waals surface area contributed by atoms with Crippen molar-refractivity contribution in [1.82, 2.24) is 10.6 Å². The molecule has 0 spiro atoms. The summed E-state index contributed by atoms with van der Waals surface area (Å²) in [6, 6.07) is 14.4. The molecular weight excluding hydrogens is 401 g/mol. The molecule has 0 saturated carbocycles. The maximum absolute atomic E-state index is 5.34. The third-order valence-electron chi connectivity index (χ3n) is 3.29. The Bertz CT molecular complexity index is 541. The van der Waals surface area contributed by atoms with Gasteiger partial charge in [-0.05, 0) is 30.5 Å². The van der Waals surface area contributed by atoms with Crippen LogP contribution in [0.4, 0.5) is 0 Å². The van der Waals surface area contributed by atoms with Crippen LogP contribution in [0.15, 0.2) is 58.1 Å². The van der Waals surface area contributed by atoms with E-state index in [2.05, 4.69) is 46.8 Å². The lowest BCUT2D eigenvalue weighted by Gasteiger charge is -2.12. The second-order valence-electron chi connectivity index (χ2n) is 5.15. The molecule has 2 aromatic rings. The van der Waals surface area contributed by atoms with E-state index >= 15 is 0 Å². The van der Waals surface area contributed by atoms with Crippen LogP contribution in [0, 0.1) is 0 Å². The number of hydrogen-bond donors (Lipinski definition) is 2. The third kappa shape index (κ3) is 8.06. The summed E-state index contributed by atoms with van der Waals surface area (Å²) in [5.74, 6) is 1.87. The summed E-state index contributed by atoms with van der Waals surface area (Å²) in [7, 11) is 0. The van der Waals surface area contributed by atoms with E-state index in [0.29, 0.717) is 0 Å². The first kappa shape index (κ1) is 19.5. The highest BCUT2D eigenvalue weighted by molar-refractivity contribution is 14.0. The van der Waals surface area contributed by atoms with Crippen molar-refractivity contribution in [2.75, 3.05) is 19.6 Å². The molecule has 0 atom stereocenters. The predicted molar refractivity (Wildman–Crippen MR) is 107 cm³/mol. The van der Waals surface area contributed by atoms with Crippen molar-refractivity contribution in [1.29, 1.82) is 0 Å². The van der Waals surface area contributed by atoms with Crippen LogP contribution in [0.3, 0.4) is 0 Å². The monoisotopic (exact) mass is 427 g/mol. The summed E-state index contributed by atoms with van der Waals surface area (Å²) < 4.78 is 5.34. The van der Waals surface area contributed by atoms with Gasteiger partial charge in [0, 0.05) is 26.1 Å². The summed E-state index contributed by atoms with van der Waals surface area (Å²) in [5, 5.41) is 6.75. The highest BCUT2D eigenvalue weighted by Gasteiger charge is 2.00. The SMILES string of the molecule is CCCN=C(NCCc1ccccc1)NCCc1ccco1.I. The second kappa shape index (κ2) is 12.0. The Morgan fingerprint density at radius 1 is 1.00 bits per heavy atom. The summed E-state index contributed by atoms with van der Waals surface area (Å²) >= 11 is 0. The molecule has 0 fully saturated rings. The van der Waals surface area contributed by atoms with Crippen LogP contribution in [0.1, 0.15) is 24.7 Å². The first-order valence-corrected chi connectivity index (χ1v) is 7.97. The molecule has 0 aliphatic heterocycles. The molecule has 0 radical (unpaired) electrons. The van der Waals surface area contributed by atoms with E-state index in [9.17, 15) is 0 Å². The third-order valence-corrected chi connectivity index (χ3v) is 3.29. The fraction of sp³-hybridized carbons (Fsp3) is 0.389. The number of furan rings is 1. The zero-order valence-electron chi connectivity index (χ0n) is 13.6. The fourth-order valence-corrected chi connectivity index (χ4v) is 2.13. The number of nitrogens with zero attached hydrogens (tertiary/aromatic N) is 1. The van der Waals surface area contributed by atoms with Crippen molar-refractivity contribution in [2.45, 2.75) is 26.2 Å². The van der Waals surface area contributed by atoms with E-state index < -0.39 is 0 Å². The van der Waals surface area contributed by atoms with Gasteiger partial charge >= 0.3 is 0 Å². The van der Waals surface area contributed by atoms with Crippen molar-refractivity contribution in [2.24, 2.45) is 4.99 Å². The van der Waals surface area contributed by atoms with Crippen LogP contribution >= 0.6 is 24.0 Å². The summed E-state index contributed by atoms with van der Waals surface area (Å²) in [6.07, 6.45) is 4.60. The number of halogens is 1. The first-order valence-electron chi connectivity index (χ1n) is 7.97. The van der Waals surface area contributed by atoms with Crippen LogP contribution in [0.25, 0.3) is 0 Å². The molecular formula is C18H26IN3O. The Morgan fingerprint density at radius 2 is 1.74 bits per heavy atom. The minimum atomic E-state index is 0. The van der Waals surface area contributed by atoms with Crippen molar-refractivity contribution >= 4 is 29.9 Å². The molecule has 4 nitrogen and oxygen atoms in total. The minimum absolute atomic E-state index is 0. The van der Waals surface area contributed by atoms with Crippen molar-refractivity contribution in [3.05, 3.63) is 60.1 Å². The lowest BCUT2D eigenvalue weighted by Crippen LogP contribution is -2.39. The molecule has 0 amide bonds. The van der Waals surface area contributed by atoms with E-state index in [4.69, 9.17) is 4.42 Å². The van der Waals surface area contributed by atoms with E-state index in [0.717, 1.165) is 50.6 Å². The highest BCUT2D eigenvalue weighted by atomic mass is 127. The van der Waals surface area contributed by atoms with E-state index in [1.165, 1.54) is 5.56 Å². The first-order chi connectivity index (χ1) is 10.9. The van der Waals surface area contributed by atoms with Gasteiger partial charge in [0.1, 0.15) is 5.76 Å². The number of benzene rings is 1. The largest absolute Gasteiger partial charge is 0.469 e. The molecule has 0 saturated heterocycles. The minimum Gasteiger partial charge on any atom is -0.469 e. The van der Waals surface area contributed by atoms with E-state index in [-0.39, 0.29) is 24.0 Å². The second-order valence-corrected chi connectivity index (χ2v) is 5.15. The van der Waals surface area contributed by atoms with Gasteiger partial charge in [-0.1, -0.05) is 37.3 Å². The smallest absolute Gasteiger partial charge is 0.191 e. The molecule has 0 unspecified atom stereocenters. The fourth-order valence-electron chi connectivity index (χ4n) is 2.13. The van der Waals surface area contributed by atoms with Crippen molar-refractivity contribution < 1.29 is 4.42 Å². The molecule has 1 heterocycles. The molecule has 23 heavy (non-hydrogen) atoms. The van der Waals surface area contributed by atoms with E-state index in [1.807, 2.05) is 18.2 Å².